The second-order valence-corrected chi connectivity index (χ2v) is 7.24. The molecule has 3 rings (SSSR count). The summed E-state index contributed by atoms with van der Waals surface area (Å²) in [6.07, 6.45) is 4.14. The van der Waals surface area contributed by atoms with E-state index in [0.29, 0.717) is 18.7 Å². The highest BCUT2D eigenvalue weighted by Gasteiger charge is 2.27. The van der Waals surface area contributed by atoms with Gasteiger partial charge < -0.3 is 10.0 Å². The fourth-order valence-electron chi connectivity index (χ4n) is 2.55. The Morgan fingerprint density at radius 2 is 2.17 bits per heavy atom. The van der Waals surface area contributed by atoms with Crippen LogP contribution in [0, 0.1) is 0 Å². The van der Waals surface area contributed by atoms with Gasteiger partial charge in [-0.1, -0.05) is 11.6 Å². The number of anilines is 2. The molecule has 0 amide bonds. The molecule has 2 N–H and O–H groups in total. The Balaban J connectivity index is 2.01. The summed E-state index contributed by atoms with van der Waals surface area (Å²) in [4.78, 5) is 9.37. The molecule has 2 heterocycles. The monoisotopic (exact) mass is 354 g/mol. The Hall–Kier alpha value is -1.90. The largest absolute Gasteiger partial charge is 0.374 e. The van der Waals surface area contributed by atoms with Crippen molar-refractivity contribution < 1.29 is 13.5 Å². The fraction of sp³-hybridized carbons (Fsp3) is 0.286. The van der Waals surface area contributed by atoms with Crippen LogP contribution in [0.2, 0.25) is 5.02 Å². The lowest BCUT2D eigenvalue weighted by atomic mass is 10.2. The van der Waals surface area contributed by atoms with E-state index < -0.39 is 16.3 Å². The maximum Gasteiger partial charge on any atom is 0.264 e. The lowest BCUT2D eigenvalue weighted by molar-refractivity contribution is 0.191. The van der Waals surface area contributed by atoms with Gasteiger partial charge in [-0.3, -0.25) is 9.71 Å². The highest BCUT2D eigenvalue weighted by Crippen LogP contribution is 2.36. The number of aromatic nitrogens is 2. The van der Waals surface area contributed by atoms with Crippen molar-refractivity contribution in [3.8, 4) is 0 Å². The number of aliphatic hydroxyl groups excluding tert-OH is 1. The van der Waals surface area contributed by atoms with Crippen molar-refractivity contribution in [2.75, 3.05) is 16.2 Å². The Morgan fingerprint density at radius 3 is 2.83 bits per heavy atom. The number of aliphatic hydroxyl groups is 1. The van der Waals surface area contributed by atoms with Crippen molar-refractivity contribution in [1.82, 2.24) is 9.97 Å². The molecule has 0 spiro atoms. The summed E-state index contributed by atoms with van der Waals surface area (Å²) in [5.41, 5.74) is 1.58. The van der Waals surface area contributed by atoms with Crippen LogP contribution in [0.4, 0.5) is 11.5 Å². The van der Waals surface area contributed by atoms with Crippen LogP contribution in [0.25, 0.3) is 0 Å². The van der Waals surface area contributed by atoms with Crippen molar-refractivity contribution >= 4 is 33.1 Å². The first kappa shape index (κ1) is 16.0. The molecule has 0 saturated heterocycles. The van der Waals surface area contributed by atoms with E-state index in [4.69, 9.17) is 11.6 Å². The van der Waals surface area contributed by atoms with Gasteiger partial charge in [-0.25, -0.2) is 13.4 Å². The van der Waals surface area contributed by atoms with Crippen LogP contribution in [0.5, 0.6) is 0 Å². The fourth-order valence-corrected chi connectivity index (χ4v) is 4.12. The van der Waals surface area contributed by atoms with Gasteiger partial charge in [-0.15, -0.1) is 0 Å². The minimum Gasteiger partial charge on any atom is -0.374 e. The predicted molar refractivity (Wildman–Crippen MR) is 87.0 cm³/mol. The Kier molecular flexibility index (Phi) is 4.13. The number of sulfonamides is 1. The van der Waals surface area contributed by atoms with Crippen LogP contribution >= 0.6 is 11.6 Å². The number of halogens is 1. The first-order valence-corrected chi connectivity index (χ1v) is 8.80. The molecule has 122 valence electrons. The van der Waals surface area contributed by atoms with Gasteiger partial charge in [0.05, 0.1) is 11.2 Å². The van der Waals surface area contributed by atoms with E-state index in [1.165, 1.54) is 24.7 Å². The second kappa shape index (κ2) is 5.95. The van der Waals surface area contributed by atoms with Gasteiger partial charge in [0.2, 0.25) is 0 Å². The zero-order valence-corrected chi connectivity index (χ0v) is 13.8. The zero-order valence-electron chi connectivity index (χ0n) is 12.3. The third kappa shape index (κ3) is 3.10. The Bertz CT molecular complexity index is 827. The quantitative estimate of drug-likeness (QED) is 0.866. The van der Waals surface area contributed by atoms with Crippen LogP contribution in [0.1, 0.15) is 12.5 Å². The summed E-state index contributed by atoms with van der Waals surface area (Å²) < 4.78 is 27.5. The number of nitrogens with one attached hydrogen (secondary N) is 1. The summed E-state index contributed by atoms with van der Waals surface area (Å²) in [5, 5.41) is 9.94. The van der Waals surface area contributed by atoms with E-state index in [1.807, 2.05) is 0 Å². The third-order valence-electron chi connectivity index (χ3n) is 3.61. The average molecular weight is 355 g/mol. The molecule has 2 aromatic rings. The number of benzene rings is 1. The van der Waals surface area contributed by atoms with E-state index in [2.05, 4.69) is 14.7 Å². The normalized spacial score (nSPS) is 15.3. The summed E-state index contributed by atoms with van der Waals surface area (Å²) in [6, 6.07) is 3.11. The van der Waals surface area contributed by atoms with Crippen molar-refractivity contribution in [1.29, 1.82) is 0 Å². The van der Waals surface area contributed by atoms with Crippen molar-refractivity contribution in [3.63, 3.8) is 0 Å². The van der Waals surface area contributed by atoms with Gasteiger partial charge in [-0.2, -0.15) is 0 Å². The van der Waals surface area contributed by atoms with Crippen molar-refractivity contribution in [2.24, 2.45) is 0 Å². The molecule has 1 atom stereocenters. The Morgan fingerprint density at radius 1 is 1.39 bits per heavy atom. The first-order valence-electron chi connectivity index (χ1n) is 6.94. The smallest absolute Gasteiger partial charge is 0.264 e. The number of fused-ring (bicyclic) bond motifs is 1. The molecule has 1 aromatic carbocycles. The molecule has 7 nitrogen and oxygen atoms in total. The predicted octanol–water partition coefficient (Wildman–Crippen LogP) is 1.63. The summed E-state index contributed by atoms with van der Waals surface area (Å²) in [5.74, 6) is 0.108. The van der Waals surface area contributed by atoms with Crippen LogP contribution in [0.3, 0.4) is 0 Å². The van der Waals surface area contributed by atoms with Gasteiger partial charge in [0.1, 0.15) is 11.1 Å². The van der Waals surface area contributed by atoms with E-state index in [-0.39, 0.29) is 15.7 Å². The zero-order chi connectivity index (χ0) is 16.6. The van der Waals surface area contributed by atoms with Crippen molar-refractivity contribution in [3.05, 3.63) is 41.3 Å². The molecule has 0 radical (unpaired) electrons. The Labute approximate surface area is 139 Å². The van der Waals surface area contributed by atoms with E-state index in [9.17, 15) is 13.5 Å². The molecular formula is C14H15ClN4O3S. The van der Waals surface area contributed by atoms with Crippen LogP contribution in [-0.2, 0) is 16.4 Å². The van der Waals surface area contributed by atoms with Crippen molar-refractivity contribution in [2.45, 2.75) is 24.5 Å². The molecule has 1 aromatic heterocycles. The minimum atomic E-state index is -3.91. The van der Waals surface area contributed by atoms with Crippen LogP contribution in [-0.4, -0.2) is 36.3 Å². The molecule has 0 saturated carbocycles. The third-order valence-corrected chi connectivity index (χ3v) is 5.43. The average Bonchev–Trinajstić information content (AvgIpc) is 2.89. The second-order valence-electron chi connectivity index (χ2n) is 5.18. The maximum absolute atomic E-state index is 12.6. The molecule has 1 aliphatic heterocycles. The van der Waals surface area contributed by atoms with E-state index >= 15 is 0 Å². The summed E-state index contributed by atoms with van der Waals surface area (Å²) in [7, 11) is -3.91. The highest BCUT2D eigenvalue weighted by molar-refractivity contribution is 7.92. The van der Waals surface area contributed by atoms with E-state index in [0.717, 1.165) is 5.56 Å². The molecule has 23 heavy (non-hydrogen) atoms. The standard InChI is InChI=1S/C14H15ClN4O3S/c1-9(20)19-5-2-10-6-11(15)13(7-12(10)19)23(21,22)18-14-8-16-3-4-17-14/h3-4,6-9,20H,2,5H2,1H3,(H,17,18). The SMILES string of the molecule is CC(O)N1CCc2cc(Cl)c(S(=O)(=O)Nc3cnccn3)cc21. The van der Waals surface area contributed by atoms with Crippen LogP contribution < -0.4 is 9.62 Å². The summed E-state index contributed by atoms with van der Waals surface area (Å²) >= 11 is 6.15. The van der Waals surface area contributed by atoms with Crippen LogP contribution in [0.15, 0.2) is 35.6 Å². The molecular weight excluding hydrogens is 340 g/mol. The molecule has 0 fully saturated rings. The number of hydrogen-bond acceptors (Lipinski definition) is 6. The van der Waals surface area contributed by atoms with E-state index in [1.54, 1.807) is 17.9 Å². The highest BCUT2D eigenvalue weighted by atomic mass is 35.5. The number of rotatable bonds is 4. The van der Waals surface area contributed by atoms with Gasteiger partial charge >= 0.3 is 0 Å². The van der Waals surface area contributed by atoms with Gasteiger partial charge in [-0.05, 0) is 31.0 Å². The van der Waals surface area contributed by atoms with Gasteiger partial charge in [0.15, 0.2) is 5.82 Å². The first-order chi connectivity index (χ1) is 10.9. The lowest BCUT2D eigenvalue weighted by Crippen LogP contribution is -2.30. The van der Waals surface area contributed by atoms with Gasteiger partial charge in [0, 0.05) is 24.6 Å². The van der Waals surface area contributed by atoms with Gasteiger partial charge in [0.25, 0.3) is 10.0 Å². The topological polar surface area (TPSA) is 95.4 Å². The molecule has 0 aliphatic carbocycles. The lowest BCUT2D eigenvalue weighted by Gasteiger charge is -2.23. The minimum absolute atomic E-state index is 0.0591. The molecule has 0 bridgehead atoms. The molecule has 1 aliphatic rings. The molecule has 1 unspecified atom stereocenters. The molecule has 9 heteroatoms. The maximum atomic E-state index is 12.6. The number of nitrogens with zero attached hydrogens (tertiary/aromatic N) is 3. The number of hydrogen-bond donors (Lipinski definition) is 2. The summed E-state index contributed by atoms with van der Waals surface area (Å²) in [6.45, 7) is 2.25.